The standard InChI is InChI=1S/C26H29N3O4S2.Mg.2H/c1-15(2)29(25(31)18-6-4-16(3)5-7-18)21-12-22(35-23(21)26(32)33)17-8-10-19(11-9-17)28-24(30)20-13-34-14-27-20;;;/h8-16,18H,4-7H2,1-3H3,(H,28,30)(H,32,33);;;/q;+2;2*-1. The van der Waals surface area contributed by atoms with Crippen molar-refractivity contribution in [3.05, 3.63) is 51.8 Å². The third kappa shape index (κ3) is 6.34. The first kappa shape index (κ1) is 28.3. The summed E-state index contributed by atoms with van der Waals surface area (Å²) in [5.74, 6) is -0.755. The number of aromatic nitrogens is 1. The molecule has 1 aliphatic rings. The molecule has 1 fully saturated rings. The number of nitrogens with zero attached hydrogens (tertiary/aromatic N) is 2. The van der Waals surface area contributed by atoms with Gasteiger partial charge in [0.05, 0.1) is 11.2 Å². The molecule has 2 aromatic heterocycles. The molecule has 1 aromatic carbocycles. The predicted octanol–water partition coefficient (Wildman–Crippen LogP) is 6.23. The predicted molar refractivity (Wildman–Crippen MR) is 149 cm³/mol. The van der Waals surface area contributed by atoms with Gasteiger partial charge in [-0.15, -0.1) is 22.7 Å². The average Bonchev–Trinajstić information content (AvgIpc) is 3.51. The van der Waals surface area contributed by atoms with Crippen LogP contribution in [-0.2, 0) is 4.79 Å². The van der Waals surface area contributed by atoms with Gasteiger partial charge in [-0.05, 0) is 69.2 Å². The van der Waals surface area contributed by atoms with Crippen molar-refractivity contribution in [2.75, 3.05) is 10.2 Å². The van der Waals surface area contributed by atoms with Crippen LogP contribution < -0.4 is 10.2 Å². The Kier molecular flexibility index (Phi) is 9.68. The van der Waals surface area contributed by atoms with Gasteiger partial charge in [0.15, 0.2) is 0 Å². The second kappa shape index (κ2) is 12.3. The molecule has 2 N–H and O–H groups in total. The average molecular weight is 538 g/mol. The fourth-order valence-corrected chi connectivity index (χ4v) is 5.97. The number of thiophene rings is 1. The number of carboxylic acid groups (broad SMARTS) is 1. The largest absolute Gasteiger partial charge is 2.00 e. The molecule has 10 heteroatoms. The summed E-state index contributed by atoms with van der Waals surface area (Å²) in [6, 6.07) is 8.86. The van der Waals surface area contributed by atoms with E-state index in [4.69, 9.17) is 0 Å². The van der Waals surface area contributed by atoms with Crippen molar-refractivity contribution in [2.24, 2.45) is 11.8 Å². The minimum absolute atomic E-state index is 0. The van der Waals surface area contributed by atoms with E-state index in [1.54, 1.807) is 34.0 Å². The molecule has 0 spiro atoms. The van der Waals surface area contributed by atoms with Gasteiger partial charge in [0.25, 0.3) is 5.91 Å². The molecule has 0 unspecified atom stereocenters. The zero-order chi connectivity index (χ0) is 25.1. The summed E-state index contributed by atoms with van der Waals surface area (Å²) in [6.45, 7) is 6.06. The monoisotopic (exact) mass is 537 g/mol. The van der Waals surface area contributed by atoms with Crippen molar-refractivity contribution in [1.82, 2.24) is 4.98 Å². The van der Waals surface area contributed by atoms with Crippen LogP contribution in [0.15, 0.2) is 41.2 Å². The summed E-state index contributed by atoms with van der Waals surface area (Å²) in [5, 5.41) is 14.4. The van der Waals surface area contributed by atoms with Crippen LogP contribution in [0.1, 0.15) is 69.5 Å². The number of benzene rings is 1. The summed E-state index contributed by atoms with van der Waals surface area (Å²) >= 11 is 2.51. The van der Waals surface area contributed by atoms with E-state index >= 15 is 0 Å². The van der Waals surface area contributed by atoms with E-state index in [1.165, 1.54) is 11.3 Å². The number of amides is 2. The summed E-state index contributed by atoms with van der Waals surface area (Å²) in [7, 11) is 0. The Hall–Kier alpha value is -2.27. The van der Waals surface area contributed by atoms with Gasteiger partial charge >= 0.3 is 29.0 Å². The van der Waals surface area contributed by atoms with Crippen LogP contribution >= 0.6 is 22.7 Å². The van der Waals surface area contributed by atoms with Crippen LogP contribution in [0, 0.1) is 11.8 Å². The summed E-state index contributed by atoms with van der Waals surface area (Å²) in [4.78, 5) is 44.5. The topological polar surface area (TPSA) is 99.6 Å². The minimum atomic E-state index is -1.04. The van der Waals surface area contributed by atoms with E-state index in [9.17, 15) is 19.5 Å². The molecule has 0 atom stereocenters. The van der Waals surface area contributed by atoms with Gasteiger partial charge in [0.2, 0.25) is 5.91 Å². The molecule has 0 aliphatic heterocycles. The maximum absolute atomic E-state index is 13.5. The Morgan fingerprint density at radius 3 is 2.36 bits per heavy atom. The Morgan fingerprint density at radius 1 is 1.14 bits per heavy atom. The SMILES string of the molecule is CC1CCC(C(=O)N(c2cc(-c3ccc(NC(=O)c4cscn4)cc3)sc2C(=O)O)C(C)C)CC1.[H-].[H-].[Mg+2]. The molecule has 0 bridgehead atoms. The fraction of sp³-hybridized carbons (Fsp3) is 0.385. The van der Waals surface area contributed by atoms with E-state index in [0.717, 1.165) is 47.5 Å². The molecule has 4 rings (SSSR count). The zero-order valence-corrected chi connectivity index (χ0v) is 23.7. The van der Waals surface area contributed by atoms with E-state index in [0.29, 0.717) is 23.0 Å². The molecule has 1 saturated carbocycles. The number of hydrogen-bond donors (Lipinski definition) is 2. The quantitative estimate of drug-likeness (QED) is 0.348. The van der Waals surface area contributed by atoms with Crippen molar-refractivity contribution >= 4 is 74.9 Å². The Bertz CT molecular complexity index is 1210. The van der Waals surface area contributed by atoms with Gasteiger partial charge < -0.3 is 18.2 Å². The maximum Gasteiger partial charge on any atom is 2.00 e. The molecular weight excluding hydrogens is 507 g/mol. The Balaban J connectivity index is 0.00000241. The third-order valence-corrected chi connectivity index (χ3v) is 8.13. The van der Waals surface area contributed by atoms with Crippen LogP contribution in [0.4, 0.5) is 11.4 Å². The molecule has 3 aromatic rings. The van der Waals surface area contributed by atoms with E-state index in [2.05, 4.69) is 17.2 Å². The zero-order valence-electron chi connectivity index (χ0n) is 22.7. The molecule has 36 heavy (non-hydrogen) atoms. The van der Waals surface area contributed by atoms with Crippen LogP contribution in [0.2, 0.25) is 0 Å². The van der Waals surface area contributed by atoms with E-state index in [1.807, 2.05) is 26.0 Å². The maximum atomic E-state index is 13.5. The van der Waals surface area contributed by atoms with Crippen molar-refractivity contribution in [3.8, 4) is 10.4 Å². The minimum Gasteiger partial charge on any atom is -1.00 e. The van der Waals surface area contributed by atoms with Crippen molar-refractivity contribution in [1.29, 1.82) is 0 Å². The van der Waals surface area contributed by atoms with Crippen LogP contribution in [-0.4, -0.2) is 57.0 Å². The van der Waals surface area contributed by atoms with Gasteiger partial charge in [-0.3, -0.25) is 9.59 Å². The summed E-state index contributed by atoms with van der Waals surface area (Å²) in [6.07, 6.45) is 3.73. The number of carbonyl (C=O) groups excluding carboxylic acids is 2. The Morgan fingerprint density at radius 2 is 1.81 bits per heavy atom. The number of anilines is 2. The van der Waals surface area contributed by atoms with Crippen LogP contribution in [0.5, 0.6) is 0 Å². The van der Waals surface area contributed by atoms with Crippen LogP contribution in [0.3, 0.4) is 0 Å². The second-order valence-corrected chi connectivity index (χ2v) is 11.1. The molecule has 7 nitrogen and oxygen atoms in total. The number of hydrogen-bond acceptors (Lipinski definition) is 6. The number of carbonyl (C=O) groups is 3. The number of thiazole rings is 1. The smallest absolute Gasteiger partial charge is 1.00 e. The third-order valence-electron chi connectivity index (χ3n) is 6.38. The Labute approximate surface area is 238 Å². The normalized spacial score (nSPS) is 17.3. The van der Waals surface area contributed by atoms with Crippen molar-refractivity contribution < 1.29 is 22.3 Å². The first-order valence-electron chi connectivity index (χ1n) is 11.7. The summed E-state index contributed by atoms with van der Waals surface area (Å²) < 4.78 is 0. The molecule has 2 amide bonds. The van der Waals surface area contributed by atoms with Gasteiger partial charge in [0.1, 0.15) is 10.6 Å². The first-order chi connectivity index (χ1) is 16.7. The second-order valence-electron chi connectivity index (χ2n) is 9.29. The molecule has 0 saturated heterocycles. The number of carboxylic acids is 1. The first-order valence-corrected chi connectivity index (χ1v) is 13.5. The van der Waals surface area contributed by atoms with E-state index in [-0.39, 0.29) is 54.6 Å². The van der Waals surface area contributed by atoms with Crippen molar-refractivity contribution in [2.45, 2.75) is 52.5 Å². The van der Waals surface area contributed by atoms with Crippen LogP contribution in [0.25, 0.3) is 10.4 Å². The molecular formula is C26H31MgN3O4S2. The molecule has 1 aliphatic carbocycles. The summed E-state index contributed by atoms with van der Waals surface area (Å²) in [5.41, 5.74) is 3.85. The van der Waals surface area contributed by atoms with Gasteiger partial charge in [-0.25, -0.2) is 9.78 Å². The van der Waals surface area contributed by atoms with Gasteiger partial charge in [-0.2, -0.15) is 0 Å². The molecule has 2 heterocycles. The van der Waals surface area contributed by atoms with E-state index < -0.39 is 5.97 Å². The van der Waals surface area contributed by atoms with Gasteiger partial charge in [-0.1, -0.05) is 19.1 Å². The molecule has 0 radical (unpaired) electrons. The molecule has 188 valence electrons. The number of nitrogens with one attached hydrogen (secondary N) is 1. The number of rotatable bonds is 7. The van der Waals surface area contributed by atoms with Crippen molar-refractivity contribution in [3.63, 3.8) is 0 Å². The fourth-order valence-electron chi connectivity index (χ4n) is 4.45. The van der Waals surface area contributed by atoms with Gasteiger partial charge in [0, 0.05) is 27.9 Å². The number of aromatic carboxylic acids is 1.